The minimum absolute atomic E-state index is 0.0630. The summed E-state index contributed by atoms with van der Waals surface area (Å²) in [7, 11) is -1.72. The van der Waals surface area contributed by atoms with E-state index in [-0.39, 0.29) is 12.3 Å². The number of hydrogen-bond donors (Lipinski definition) is 2. The lowest BCUT2D eigenvalue weighted by Crippen LogP contribution is -2.26. The third-order valence-corrected chi connectivity index (χ3v) is 3.93. The van der Waals surface area contributed by atoms with Gasteiger partial charge in [-0.1, -0.05) is 24.0 Å². The van der Waals surface area contributed by atoms with E-state index in [2.05, 4.69) is 16.6 Å². The van der Waals surface area contributed by atoms with Crippen molar-refractivity contribution in [3.05, 3.63) is 35.4 Å². The monoisotopic (exact) mass is 296 g/mol. The van der Waals surface area contributed by atoms with Crippen molar-refractivity contribution in [3.63, 3.8) is 0 Å². The summed E-state index contributed by atoms with van der Waals surface area (Å²) in [6.07, 6.45) is 0.480. The second kappa shape index (κ2) is 8.72. The van der Waals surface area contributed by atoms with E-state index in [9.17, 15) is 8.42 Å². The standard InChI is InChI=1S/C14H20N2O3S/c1-19-9-4-10-20(17,18)16-12-14-6-2-5-13(11-14)7-3-8-15/h2,5-6,11,16H,4,8-10,12,15H2,1H3. The molecule has 0 aliphatic carbocycles. The van der Waals surface area contributed by atoms with E-state index in [1.54, 1.807) is 7.11 Å². The van der Waals surface area contributed by atoms with E-state index in [0.29, 0.717) is 19.6 Å². The summed E-state index contributed by atoms with van der Waals surface area (Å²) in [4.78, 5) is 0. The molecule has 110 valence electrons. The largest absolute Gasteiger partial charge is 0.385 e. The SMILES string of the molecule is COCCCS(=O)(=O)NCc1cccc(C#CCN)c1. The average molecular weight is 296 g/mol. The molecule has 0 saturated carbocycles. The Morgan fingerprint density at radius 1 is 1.40 bits per heavy atom. The second-order valence-electron chi connectivity index (χ2n) is 4.19. The Hall–Kier alpha value is -1.39. The molecule has 3 N–H and O–H groups in total. The fourth-order valence-corrected chi connectivity index (χ4v) is 2.60. The molecule has 1 aromatic rings. The van der Waals surface area contributed by atoms with Crippen molar-refractivity contribution in [2.75, 3.05) is 26.0 Å². The van der Waals surface area contributed by atoms with Crippen molar-refractivity contribution in [1.29, 1.82) is 0 Å². The van der Waals surface area contributed by atoms with E-state index in [1.165, 1.54) is 0 Å². The lowest BCUT2D eigenvalue weighted by atomic mass is 10.1. The fourth-order valence-electron chi connectivity index (χ4n) is 1.57. The van der Waals surface area contributed by atoms with Crippen LogP contribution in [0.25, 0.3) is 0 Å². The van der Waals surface area contributed by atoms with E-state index < -0.39 is 10.0 Å². The fraction of sp³-hybridized carbons (Fsp3) is 0.429. The lowest BCUT2D eigenvalue weighted by Gasteiger charge is -2.07. The number of ether oxygens (including phenoxy) is 1. The topological polar surface area (TPSA) is 81.4 Å². The average Bonchev–Trinajstić information content (AvgIpc) is 2.44. The normalized spacial score (nSPS) is 10.9. The number of benzene rings is 1. The molecule has 0 saturated heterocycles. The zero-order chi connectivity index (χ0) is 14.8. The number of methoxy groups -OCH3 is 1. The maximum Gasteiger partial charge on any atom is 0.211 e. The summed E-state index contributed by atoms with van der Waals surface area (Å²) in [6, 6.07) is 7.40. The quantitative estimate of drug-likeness (QED) is 0.565. The minimum Gasteiger partial charge on any atom is -0.385 e. The van der Waals surface area contributed by atoms with E-state index in [0.717, 1.165) is 11.1 Å². The van der Waals surface area contributed by atoms with Gasteiger partial charge in [0, 0.05) is 25.8 Å². The summed E-state index contributed by atoms with van der Waals surface area (Å²) in [5.41, 5.74) is 7.00. The number of nitrogens with two attached hydrogens (primary N) is 1. The van der Waals surface area contributed by atoms with Crippen LogP contribution in [0.5, 0.6) is 0 Å². The van der Waals surface area contributed by atoms with Gasteiger partial charge in [0.05, 0.1) is 12.3 Å². The highest BCUT2D eigenvalue weighted by molar-refractivity contribution is 7.89. The van der Waals surface area contributed by atoms with Gasteiger partial charge >= 0.3 is 0 Å². The Morgan fingerprint density at radius 2 is 2.20 bits per heavy atom. The molecule has 1 rings (SSSR count). The van der Waals surface area contributed by atoms with Crippen LogP contribution in [0.1, 0.15) is 17.5 Å². The summed E-state index contributed by atoms with van der Waals surface area (Å²) < 4.78 is 30.8. The van der Waals surface area contributed by atoms with Crippen LogP contribution in [0.15, 0.2) is 24.3 Å². The molecule has 0 spiro atoms. The van der Waals surface area contributed by atoms with Gasteiger partial charge in [-0.3, -0.25) is 0 Å². The van der Waals surface area contributed by atoms with Crippen LogP contribution in [0, 0.1) is 11.8 Å². The highest BCUT2D eigenvalue weighted by atomic mass is 32.2. The predicted octanol–water partition coefficient (Wildman–Crippen LogP) is 0.453. The first-order valence-electron chi connectivity index (χ1n) is 6.31. The molecule has 0 amide bonds. The van der Waals surface area contributed by atoms with Gasteiger partial charge in [-0.15, -0.1) is 0 Å². The highest BCUT2D eigenvalue weighted by Crippen LogP contribution is 2.04. The zero-order valence-corrected chi connectivity index (χ0v) is 12.4. The third kappa shape index (κ3) is 6.68. The van der Waals surface area contributed by atoms with Crippen molar-refractivity contribution in [3.8, 4) is 11.8 Å². The molecule has 20 heavy (non-hydrogen) atoms. The van der Waals surface area contributed by atoms with Crippen LogP contribution in [0.4, 0.5) is 0 Å². The molecular formula is C14H20N2O3S. The van der Waals surface area contributed by atoms with Gasteiger partial charge in [-0.25, -0.2) is 13.1 Å². The molecule has 0 atom stereocenters. The molecule has 0 aromatic heterocycles. The van der Waals surface area contributed by atoms with Gasteiger partial charge in [-0.05, 0) is 24.1 Å². The molecule has 0 unspecified atom stereocenters. The van der Waals surface area contributed by atoms with Gasteiger partial charge in [0.25, 0.3) is 0 Å². The first-order chi connectivity index (χ1) is 9.57. The molecule has 0 aliphatic rings. The summed E-state index contributed by atoms with van der Waals surface area (Å²) >= 11 is 0. The maximum absolute atomic E-state index is 11.7. The Balaban J connectivity index is 2.56. The van der Waals surface area contributed by atoms with Gasteiger partial charge in [0.1, 0.15) is 0 Å². The minimum atomic E-state index is -3.27. The van der Waals surface area contributed by atoms with E-state index in [4.69, 9.17) is 10.5 Å². The lowest BCUT2D eigenvalue weighted by molar-refractivity contribution is 0.199. The Morgan fingerprint density at radius 3 is 2.90 bits per heavy atom. The molecular weight excluding hydrogens is 276 g/mol. The molecule has 0 radical (unpaired) electrons. The molecule has 1 aromatic carbocycles. The van der Waals surface area contributed by atoms with Crippen LogP contribution in [-0.2, 0) is 21.3 Å². The Bertz CT molecular complexity index is 574. The highest BCUT2D eigenvalue weighted by Gasteiger charge is 2.09. The van der Waals surface area contributed by atoms with Gasteiger partial charge < -0.3 is 10.5 Å². The van der Waals surface area contributed by atoms with Crippen LogP contribution < -0.4 is 10.5 Å². The second-order valence-corrected chi connectivity index (χ2v) is 6.12. The van der Waals surface area contributed by atoms with Crippen LogP contribution >= 0.6 is 0 Å². The molecule has 0 aliphatic heterocycles. The molecule has 0 fully saturated rings. The first kappa shape index (κ1) is 16.7. The van der Waals surface area contributed by atoms with Crippen LogP contribution in [-0.4, -0.2) is 34.4 Å². The van der Waals surface area contributed by atoms with E-state index >= 15 is 0 Å². The summed E-state index contributed by atoms with van der Waals surface area (Å²) in [6.45, 7) is 0.995. The Kier molecular flexibility index (Phi) is 7.26. The number of sulfonamides is 1. The van der Waals surface area contributed by atoms with Crippen molar-refractivity contribution in [1.82, 2.24) is 4.72 Å². The summed E-state index contributed by atoms with van der Waals surface area (Å²) in [5.74, 6) is 5.74. The van der Waals surface area contributed by atoms with Gasteiger partial charge in [-0.2, -0.15) is 0 Å². The van der Waals surface area contributed by atoms with Crippen LogP contribution in [0.2, 0.25) is 0 Å². The smallest absolute Gasteiger partial charge is 0.211 e. The van der Waals surface area contributed by atoms with Crippen molar-refractivity contribution in [2.24, 2.45) is 5.73 Å². The van der Waals surface area contributed by atoms with Crippen molar-refractivity contribution in [2.45, 2.75) is 13.0 Å². The van der Waals surface area contributed by atoms with Crippen molar-refractivity contribution < 1.29 is 13.2 Å². The Labute approximate surface area is 120 Å². The molecule has 0 heterocycles. The first-order valence-corrected chi connectivity index (χ1v) is 7.97. The number of rotatable bonds is 7. The van der Waals surface area contributed by atoms with Gasteiger partial charge in [0.15, 0.2) is 0 Å². The molecule has 5 nitrogen and oxygen atoms in total. The van der Waals surface area contributed by atoms with E-state index in [1.807, 2.05) is 24.3 Å². The zero-order valence-electron chi connectivity index (χ0n) is 11.6. The molecule has 0 bridgehead atoms. The molecule has 6 heteroatoms. The predicted molar refractivity (Wildman–Crippen MR) is 79.5 cm³/mol. The number of hydrogen-bond acceptors (Lipinski definition) is 4. The maximum atomic E-state index is 11.7. The van der Waals surface area contributed by atoms with Crippen molar-refractivity contribution >= 4 is 10.0 Å². The summed E-state index contributed by atoms with van der Waals surface area (Å²) in [5, 5.41) is 0. The van der Waals surface area contributed by atoms with Gasteiger partial charge in [0.2, 0.25) is 10.0 Å². The van der Waals surface area contributed by atoms with Crippen LogP contribution in [0.3, 0.4) is 0 Å². The number of nitrogens with one attached hydrogen (secondary N) is 1. The third-order valence-electron chi connectivity index (χ3n) is 2.52.